The van der Waals surface area contributed by atoms with Crippen molar-refractivity contribution in [3.05, 3.63) is 69.2 Å². The number of hydrogen-bond donors (Lipinski definition) is 2. The summed E-state index contributed by atoms with van der Waals surface area (Å²) in [6, 6.07) is 11.3. The average molecular weight is 465 g/mol. The second-order valence-corrected chi connectivity index (χ2v) is 8.35. The minimum absolute atomic E-state index is 0.211. The Morgan fingerprint density at radius 2 is 1.71 bits per heavy atom. The van der Waals surface area contributed by atoms with Crippen LogP contribution in [0.1, 0.15) is 35.3 Å². The molecule has 6 nitrogen and oxygen atoms in total. The highest BCUT2D eigenvalue weighted by molar-refractivity contribution is 6.35. The zero-order chi connectivity index (χ0) is 23.0. The Kier molecular flexibility index (Phi) is 9.34. The van der Waals surface area contributed by atoms with Crippen LogP contribution in [0.2, 0.25) is 10.0 Å². The summed E-state index contributed by atoms with van der Waals surface area (Å²) in [4.78, 5) is 36.9. The number of carbonyl (C=O) groups excluding carboxylic acids is 3. The molecule has 0 radical (unpaired) electrons. The predicted octanol–water partition coefficient (Wildman–Crippen LogP) is 3.96. The number of esters is 1. The third kappa shape index (κ3) is 7.89. The van der Waals surface area contributed by atoms with Crippen LogP contribution < -0.4 is 10.6 Å². The van der Waals surface area contributed by atoms with E-state index < -0.39 is 24.5 Å². The van der Waals surface area contributed by atoms with Gasteiger partial charge in [0, 0.05) is 22.2 Å². The van der Waals surface area contributed by atoms with Gasteiger partial charge in [0.25, 0.3) is 11.8 Å². The predicted molar refractivity (Wildman–Crippen MR) is 121 cm³/mol. The van der Waals surface area contributed by atoms with Crippen LogP contribution in [0.5, 0.6) is 0 Å². The van der Waals surface area contributed by atoms with Gasteiger partial charge in [-0.3, -0.25) is 9.59 Å². The van der Waals surface area contributed by atoms with Crippen LogP contribution in [0.3, 0.4) is 0 Å². The van der Waals surface area contributed by atoms with Crippen LogP contribution >= 0.6 is 23.2 Å². The highest BCUT2D eigenvalue weighted by Gasteiger charge is 2.26. The smallest absolute Gasteiger partial charge is 0.329 e. The maximum atomic E-state index is 12.4. The maximum Gasteiger partial charge on any atom is 0.329 e. The minimum Gasteiger partial charge on any atom is -0.454 e. The number of amides is 2. The van der Waals surface area contributed by atoms with E-state index in [0.29, 0.717) is 28.6 Å². The monoisotopic (exact) mass is 464 g/mol. The highest BCUT2D eigenvalue weighted by Crippen LogP contribution is 2.21. The SMILES string of the molecule is Cc1ccc(C(=O)N[C@@H](C(=O)OCC(=O)NCCc2ccc(Cl)cc2Cl)C(C)C)cc1. The van der Waals surface area contributed by atoms with E-state index in [1.165, 1.54) is 0 Å². The summed E-state index contributed by atoms with van der Waals surface area (Å²) in [5.74, 6) is -1.69. The Morgan fingerprint density at radius 3 is 2.32 bits per heavy atom. The van der Waals surface area contributed by atoms with Gasteiger partial charge in [0.1, 0.15) is 6.04 Å². The number of hydrogen-bond acceptors (Lipinski definition) is 4. The first kappa shape index (κ1) is 24.7. The van der Waals surface area contributed by atoms with E-state index in [4.69, 9.17) is 27.9 Å². The summed E-state index contributed by atoms with van der Waals surface area (Å²) in [6.07, 6.45) is 0.511. The van der Waals surface area contributed by atoms with E-state index >= 15 is 0 Å². The molecule has 0 heterocycles. The fourth-order valence-corrected chi connectivity index (χ4v) is 3.27. The third-order valence-electron chi connectivity index (χ3n) is 4.60. The van der Waals surface area contributed by atoms with Crippen molar-refractivity contribution in [2.45, 2.75) is 33.2 Å². The van der Waals surface area contributed by atoms with Gasteiger partial charge in [0.2, 0.25) is 0 Å². The molecule has 31 heavy (non-hydrogen) atoms. The van der Waals surface area contributed by atoms with Crippen LogP contribution in [-0.4, -0.2) is 37.0 Å². The lowest BCUT2D eigenvalue weighted by Crippen LogP contribution is -2.46. The van der Waals surface area contributed by atoms with Crippen molar-refractivity contribution in [3.63, 3.8) is 0 Å². The molecule has 2 aromatic carbocycles. The summed E-state index contributed by atoms with van der Waals surface area (Å²) in [7, 11) is 0. The van der Waals surface area contributed by atoms with Crippen molar-refractivity contribution in [3.8, 4) is 0 Å². The normalized spacial score (nSPS) is 11.7. The molecule has 0 aliphatic carbocycles. The first-order chi connectivity index (χ1) is 14.7. The molecule has 2 aromatic rings. The first-order valence-corrected chi connectivity index (χ1v) is 10.7. The number of carbonyl (C=O) groups is 3. The Balaban J connectivity index is 1.81. The van der Waals surface area contributed by atoms with Gasteiger partial charge in [-0.25, -0.2) is 4.79 Å². The van der Waals surface area contributed by atoms with E-state index in [2.05, 4.69) is 10.6 Å². The van der Waals surface area contributed by atoms with Gasteiger partial charge in [-0.1, -0.05) is 60.8 Å². The molecular weight excluding hydrogens is 439 g/mol. The Hall–Kier alpha value is -2.57. The fraction of sp³-hybridized carbons (Fsp3) is 0.348. The molecule has 2 N–H and O–H groups in total. The van der Waals surface area contributed by atoms with Gasteiger partial charge >= 0.3 is 5.97 Å². The van der Waals surface area contributed by atoms with Crippen LogP contribution in [-0.2, 0) is 20.7 Å². The summed E-state index contributed by atoms with van der Waals surface area (Å²) >= 11 is 12.0. The molecule has 2 amide bonds. The summed E-state index contributed by atoms with van der Waals surface area (Å²) in [5, 5.41) is 6.42. The number of nitrogens with one attached hydrogen (secondary N) is 2. The molecule has 0 spiro atoms. The Labute approximate surface area is 192 Å². The van der Waals surface area contributed by atoms with Gasteiger partial charge in [0.05, 0.1) is 0 Å². The number of benzene rings is 2. The summed E-state index contributed by atoms with van der Waals surface area (Å²) in [5.41, 5.74) is 2.32. The van der Waals surface area contributed by atoms with Crippen LogP contribution in [0.4, 0.5) is 0 Å². The third-order valence-corrected chi connectivity index (χ3v) is 5.19. The van der Waals surface area contributed by atoms with Crippen molar-refractivity contribution in [1.82, 2.24) is 10.6 Å². The van der Waals surface area contributed by atoms with E-state index in [1.807, 2.05) is 19.1 Å². The van der Waals surface area contributed by atoms with Crippen molar-refractivity contribution < 1.29 is 19.1 Å². The van der Waals surface area contributed by atoms with Gasteiger partial charge in [0.15, 0.2) is 6.61 Å². The zero-order valence-corrected chi connectivity index (χ0v) is 19.2. The largest absolute Gasteiger partial charge is 0.454 e. The number of ether oxygens (including phenoxy) is 1. The average Bonchev–Trinajstić information content (AvgIpc) is 2.72. The molecular formula is C23H26Cl2N2O4. The van der Waals surface area contributed by atoms with Crippen molar-refractivity contribution in [1.29, 1.82) is 0 Å². The van der Waals surface area contributed by atoms with E-state index in [9.17, 15) is 14.4 Å². The Morgan fingerprint density at radius 1 is 1.03 bits per heavy atom. The molecule has 0 fully saturated rings. The van der Waals surface area contributed by atoms with Gasteiger partial charge in [-0.15, -0.1) is 0 Å². The molecule has 0 aliphatic rings. The van der Waals surface area contributed by atoms with Gasteiger partial charge < -0.3 is 15.4 Å². The van der Waals surface area contributed by atoms with E-state index in [-0.39, 0.29) is 11.8 Å². The van der Waals surface area contributed by atoms with E-state index in [1.54, 1.807) is 44.2 Å². The second kappa shape index (κ2) is 11.7. The van der Waals surface area contributed by atoms with Crippen LogP contribution in [0.25, 0.3) is 0 Å². The van der Waals surface area contributed by atoms with Crippen LogP contribution in [0.15, 0.2) is 42.5 Å². The molecule has 2 rings (SSSR count). The molecule has 8 heteroatoms. The van der Waals surface area contributed by atoms with E-state index in [0.717, 1.165) is 11.1 Å². The van der Waals surface area contributed by atoms with Crippen molar-refractivity contribution in [2.75, 3.05) is 13.2 Å². The lowest BCUT2D eigenvalue weighted by molar-refractivity contribution is -0.151. The topological polar surface area (TPSA) is 84.5 Å². The quantitative estimate of drug-likeness (QED) is 0.550. The molecule has 1 atom stereocenters. The highest BCUT2D eigenvalue weighted by atomic mass is 35.5. The van der Waals surface area contributed by atoms with Crippen LogP contribution in [0, 0.1) is 12.8 Å². The molecule has 0 aliphatic heterocycles. The lowest BCUT2D eigenvalue weighted by Gasteiger charge is -2.21. The van der Waals surface area contributed by atoms with Crippen molar-refractivity contribution >= 4 is 41.0 Å². The van der Waals surface area contributed by atoms with Crippen molar-refractivity contribution in [2.24, 2.45) is 5.92 Å². The molecule has 0 bridgehead atoms. The summed E-state index contributed by atoms with van der Waals surface area (Å²) < 4.78 is 5.12. The fourth-order valence-electron chi connectivity index (χ4n) is 2.77. The standard InChI is InChI=1S/C23H26Cl2N2O4/c1-14(2)21(27-22(29)17-6-4-15(3)5-7-17)23(30)31-13-20(28)26-11-10-16-8-9-18(24)12-19(16)25/h4-9,12,14,21H,10-11,13H2,1-3H3,(H,26,28)(H,27,29)/t21-/m1/s1. The minimum atomic E-state index is -0.866. The maximum absolute atomic E-state index is 12.4. The number of aryl methyl sites for hydroxylation is 1. The second-order valence-electron chi connectivity index (χ2n) is 7.50. The molecule has 166 valence electrons. The van der Waals surface area contributed by atoms with Gasteiger partial charge in [-0.05, 0) is 49.1 Å². The summed E-state index contributed by atoms with van der Waals surface area (Å²) in [6.45, 7) is 5.39. The first-order valence-electron chi connectivity index (χ1n) is 9.92. The lowest BCUT2D eigenvalue weighted by atomic mass is 10.0. The van der Waals surface area contributed by atoms with Gasteiger partial charge in [-0.2, -0.15) is 0 Å². The molecule has 0 saturated heterocycles. The molecule has 0 aromatic heterocycles. The molecule has 0 saturated carbocycles. The Bertz CT molecular complexity index is 930. The molecule has 0 unspecified atom stereocenters. The number of rotatable bonds is 9. The zero-order valence-electron chi connectivity index (χ0n) is 17.7. The number of halogens is 2.